The lowest BCUT2D eigenvalue weighted by Crippen LogP contribution is -2.16. The van der Waals surface area contributed by atoms with Crippen molar-refractivity contribution in [1.29, 1.82) is 0 Å². The highest BCUT2D eigenvalue weighted by atomic mass is 127. The third kappa shape index (κ3) is 4.55. The van der Waals surface area contributed by atoms with Crippen molar-refractivity contribution in [3.05, 3.63) is 64.1 Å². The average Bonchev–Trinajstić information content (AvgIpc) is 3.04. The SMILES string of the molecule is COc1c(I)cc(/C=N\NC(=O)c2cc3cc([N+](=O)[O-])ccc3s2)cc1I. The Balaban J connectivity index is 1.75. The van der Waals surface area contributed by atoms with Crippen LogP contribution in [0.4, 0.5) is 5.69 Å². The lowest BCUT2D eigenvalue weighted by molar-refractivity contribution is -0.384. The van der Waals surface area contributed by atoms with Gasteiger partial charge in [0, 0.05) is 22.2 Å². The zero-order chi connectivity index (χ0) is 19.6. The number of nitro benzene ring substituents is 1. The van der Waals surface area contributed by atoms with Gasteiger partial charge >= 0.3 is 0 Å². The smallest absolute Gasteiger partial charge is 0.281 e. The standard InChI is InChI=1S/C17H11I2N3O4S/c1-26-16-12(18)4-9(5-13(16)19)8-20-21-17(23)15-7-10-6-11(22(24)25)2-3-14(10)27-15/h2-8H,1H3,(H,21,23)/b20-8-. The molecule has 138 valence electrons. The van der Waals surface area contributed by atoms with Gasteiger partial charge < -0.3 is 4.74 Å². The number of carbonyl (C=O) groups excluding carboxylic acids is 1. The molecule has 10 heteroatoms. The fourth-order valence-corrected chi connectivity index (χ4v) is 5.52. The van der Waals surface area contributed by atoms with Crippen LogP contribution in [0, 0.1) is 17.3 Å². The predicted octanol–water partition coefficient (Wildman–Crippen LogP) is 4.79. The van der Waals surface area contributed by atoms with Crippen LogP contribution in [0.1, 0.15) is 15.2 Å². The first-order valence-electron chi connectivity index (χ1n) is 7.43. The molecule has 0 aliphatic heterocycles. The summed E-state index contributed by atoms with van der Waals surface area (Å²) in [5, 5.41) is 15.5. The van der Waals surface area contributed by atoms with Gasteiger partial charge in [0.2, 0.25) is 0 Å². The lowest BCUT2D eigenvalue weighted by atomic mass is 10.2. The van der Waals surface area contributed by atoms with Crippen molar-refractivity contribution in [2.75, 3.05) is 7.11 Å². The Bertz CT molecular complexity index is 1060. The molecule has 0 spiro atoms. The Morgan fingerprint density at radius 2 is 1.96 bits per heavy atom. The van der Waals surface area contributed by atoms with E-state index < -0.39 is 4.92 Å². The molecule has 1 heterocycles. The normalized spacial score (nSPS) is 11.1. The van der Waals surface area contributed by atoms with E-state index in [0.29, 0.717) is 10.3 Å². The third-order valence-electron chi connectivity index (χ3n) is 3.54. The zero-order valence-corrected chi connectivity index (χ0v) is 18.9. The van der Waals surface area contributed by atoms with Crippen molar-refractivity contribution in [3.63, 3.8) is 0 Å². The summed E-state index contributed by atoms with van der Waals surface area (Å²) < 4.78 is 8.00. The molecule has 3 rings (SSSR count). The molecule has 0 unspecified atom stereocenters. The summed E-state index contributed by atoms with van der Waals surface area (Å²) in [7, 11) is 1.62. The number of benzene rings is 2. The van der Waals surface area contributed by atoms with E-state index in [9.17, 15) is 14.9 Å². The first kappa shape index (κ1) is 19.9. The highest BCUT2D eigenvalue weighted by molar-refractivity contribution is 14.1. The molecule has 0 fully saturated rings. The number of nitrogens with zero attached hydrogens (tertiary/aromatic N) is 2. The predicted molar refractivity (Wildman–Crippen MR) is 122 cm³/mol. The van der Waals surface area contributed by atoms with Crippen LogP contribution < -0.4 is 10.2 Å². The maximum atomic E-state index is 12.3. The molecule has 0 bridgehead atoms. The van der Waals surface area contributed by atoms with Crippen molar-refractivity contribution in [2.45, 2.75) is 0 Å². The molecule has 0 radical (unpaired) electrons. The van der Waals surface area contributed by atoms with Gasteiger partial charge in [0.15, 0.2) is 0 Å². The van der Waals surface area contributed by atoms with E-state index in [-0.39, 0.29) is 11.6 Å². The summed E-state index contributed by atoms with van der Waals surface area (Å²) in [6, 6.07) is 9.93. The molecule has 3 aromatic rings. The summed E-state index contributed by atoms with van der Waals surface area (Å²) in [5.74, 6) is 0.435. The van der Waals surface area contributed by atoms with Gasteiger partial charge in [-0.25, -0.2) is 5.43 Å². The van der Waals surface area contributed by atoms with Gasteiger partial charge in [-0.1, -0.05) is 0 Å². The molecule has 0 aliphatic rings. The second-order valence-electron chi connectivity index (χ2n) is 5.31. The van der Waals surface area contributed by atoms with Crippen molar-refractivity contribution in [3.8, 4) is 5.75 Å². The van der Waals surface area contributed by atoms with E-state index in [1.54, 1.807) is 25.5 Å². The Morgan fingerprint density at radius 3 is 2.59 bits per heavy atom. The van der Waals surface area contributed by atoms with Crippen LogP contribution in [0.2, 0.25) is 0 Å². The number of halogens is 2. The summed E-state index contributed by atoms with van der Waals surface area (Å²) in [5.41, 5.74) is 3.31. The van der Waals surface area contributed by atoms with E-state index in [0.717, 1.165) is 23.2 Å². The number of carbonyl (C=O) groups is 1. The molecule has 27 heavy (non-hydrogen) atoms. The Labute approximate surface area is 185 Å². The molecule has 0 saturated heterocycles. The number of hydrogen-bond donors (Lipinski definition) is 1. The van der Waals surface area contributed by atoms with Gasteiger partial charge in [-0.05, 0) is 75.0 Å². The van der Waals surface area contributed by atoms with Crippen LogP contribution in [0.5, 0.6) is 5.75 Å². The van der Waals surface area contributed by atoms with E-state index in [2.05, 4.69) is 55.7 Å². The van der Waals surface area contributed by atoms with Gasteiger partial charge in [0.1, 0.15) is 5.75 Å². The molecule has 1 N–H and O–H groups in total. The summed E-state index contributed by atoms with van der Waals surface area (Å²) >= 11 is 5.61. The van der Waals surface area contributed by atoms with Gasteiger partial charge in [0.05, 0.1) is 30.3 Å². The Kier molecular flexibility index (Phi) is 6.26. The molecule has 7 nitrogen and oxygen atoms in total. The minimum Gasteiger partial charge on any atom is -0.495 e. The average molecular weight is 607 g/mol. The summed E-state index contributed by atoms with van der Waals surface area (Å²) in [6.07, 6.45) is 1.56. The number of hydrazone groups is 1. The number of nitrogens with one attached hydrogen (secondary N) is 1. The number of thiophene rings is 1. The van der Waals surface area contributed by atoms with Gasteiger partial charge in [-0.15, -0.1) is 11.3 Å². The first-order valence-corrected chi connectivity index (χ1v) is 10.4. The molecular weight excluding hydrogens is 596 g/mol. The van der Waals surface area contributed by atoms with Crippen LogP contribution >= 0.6 is 56.5 Å². The maximum absolute atomic E-state index is 12.3. The zero-order valence-electron chi connectivity index (χ0n) is 13.7. The molecule has 1 amide bonds. The first-order chi connectivity index (χ1) is 12.9. The van der Waals surface area contributed by atoms with E-state index in [1.807, 2.05) is 12.1 Å². The number of non-ortho nitro benzene ring substituents is 1. The minimum absolute atomic E-state index is 0.00556. The van der Waals surface area contributed by atoms with E-state index >= 15 is 0 Å². The fraction of sp³-hybridized carbons (Fsp3) is 0.0588. The van der Waals surface area contributed by atoms with Crippen molar-refractivity contribution >= 4 is 84.4 Å². The van der Waals surface area contributed by atoms with E-state index in [1.165, 1.54) is 23.5 Å². The monoisotopic (exact) mass is 607 g/mol. The number of methoxy groups -OCH3 is 1. The molecular formula is C17H11I2N3O4S. The highest BCUT2D eigenvalue weighted by Crippen LogP contribution is 2.29. The van der Waals surface area contributed by atoms with Crippen LogP contribution in [0.3, 0.4) is 0 Å². The quantitative estimate of drug-likeness (QED) is 0.196. The van der Waals surface area contributed by atoms with Crippen LogP contribution in [-0.4, -0.2) is 24.2 Å². The molecule has 2 aromatic carbocycles. The van der Waals surface area contributed by atoms with E-state index in [4.69, 9.17) is 4.74 Å². The fourth-order valence-electron chi connectivity index (χ4n) is 2.33. The van der Waals surface area contributed by atoms with Gasteiger partial charge in [-0.2, -0.15) is 5.10 Å². The third-order valence-corrected chi connectivity index (χ3v) is 6.26. The lowest BCUT2D eigenvalue weighted by Gasteiger charge is -2.06. The molecule has 0 atom stereocenters. The van der Waals surface area contributed by atoms with Crippen molar-refractivity contribution in [2.24, 2.45) is 5.10 Å². The minimum atomic E-state index is -0.460. The number of amides is 1. The van der Waals surface area contributed by atoms with Crippen molar-refractivity contribution < 1.29 is 14.5 Å². The Hall–Kier alpha value is -1.80. The number of nitro groups is 1. The largest absolute Gasteiger partial charge is 0.495 e. The number of hydrogen-bond acceptors (Lipinski definition) is 6. The second kappa shape index (κ2) is 8.48. The number of rotatable bonds is 5. The highest BCUT2D eigenvalue weighted by Gasteiger charge is 2.13. The van der Waals surface area contributed by atoms with Gasteiger partial charge in [-0.3, -0.25) is 14.9 Å². The van der Waals surface area contributed by atoms with Gasteiger partial charge in [0.25, 0.3) is 11.6 Å². The van der Waals surface area contributed by atoms with Crippen LogP contribution in [-0.2, 0) is 0 Å². The number of ether oxygens (including phenoxy) is 1. The molecule has 0 saturated carbocycles. The van der Waals surface area contributed by atoms with Crippen LogP contribution in [0.25, 0.3) is 10.1 Å². The topological polar surface area (TPSA) is 93.8 Å². The molecule has 1 aromatic heterocycles. The molecule has 0 aliphatic carbocycles. The second-order valence-corrected chi connectivity index (χ2v) is 8.71. The van der Waals surface area contributed by atoms with Crippen LogP contribution in [0.15, 0.2) is 41.5 Å². The summed E-state index contributed by atoms with van der Waals surface area (Å²) in [6.45, 7) is 0. The Morgan fingerprint density at radius 1 is 1.26 bits per heavy atom. The maximum Gasteiger partial charge on any atom is 0.281 e. The summed E-state index contributed by atoms with van der Waals surface area (Å²) in [4.78, 5) is 23.1. The number of fused-ring (bicyclic) bond motifs is 1. The van der Waals surface area contributed by atoms with Crippen molar-refractivity contribution in [1.82, 2.24) is 5.43 Å².